The van der Waals surface area contributed by atoms with E-state index in [9.17, 15) is 0 Å². The van der Waals surface area contributed by atoms with E-state index in [1.165, 1.54) is 0 Å². The summed E-state index contributed by atoms with van der Waals surface area (Å²) in [7, 11) is 0. The van der Waals surface area contributed by atoms with E-state index in [-0.39, 0.29) is 12.4 Å². The number of hydrazine groups is 1. The Hall–Kier alpha value is -1.13. The van der Waals surface area contributed by atoms with E-state index in [0.717, 1.165) is 5.69 Å². The molecule has 0 aliphatic heterocycles. The fraction of sp³-hybridized carbons (Fsp3) is 0. The molecule has 0 aliphatic carbocycles. The lowest BCUT2D eigenvalue weighted by atomic mass is 10.3. The second kappa shape index (κ2) is 6.71. The van der Waals surface area contributed by atoms with Gasteiger partial charge in [0, 0.05) is 15.7 Å². The van der Waals surface area contributed by atoms with Gasteiger partial charge in [-0.1, -0.05) is 23.2 Å². The minimum Gasteiger partial charge on any atom is -0.457 e. The van der Waals surface area contributed by atoms with E-state index in [0.29, 0.717) is 21.5 Å². The SMILES string of the molecule is Cl.NNc1ccc(Oc2cc(Cl)cc(Cl)c2)cc1. The van der Waals surface area contributed by atoms with Gasteiger partial charge >= 0.3 is 0 Å². The molecule has 96 valence electrons. The van der Waals surface area contributed by atoms with Gasteiger partial charge in [0.1, 0.15) is 11.5 Å². The molecule has 2 aromatic carbocycles. The van der Waals surface area contributed by atoms with Crippen molar-refractivity contribution in [3.8, 4) is 11.5 Å². The normalized spacial score (nSPS) is 9.50. The zero-order valence-corrected chi connectivity index (χ0v) is 11.5. The van der Waals surface area contributed by atoms with Crippen molar-refractivity contribution >= 4 is 41.3 Å². The number of ether oxygens (including phenoxy) is 1. The zero-order chi connectivity index (χ0) is 12.3. The minimum atomic E-state index is 0. The molecule has 0 fully saturated rings. The lowest BCUT2D eigenvalue weighted by Gasteiger charge is -2.07. The van der Waals surface area contributed by atoms with Gasteiger partial charge in [0.05, 0.1) is 0 Å². The summed E-state index contributed by atoms with van der Waals surface area (Å²) in [6, 6.07) is 12.2. The van der Waals surface area contributed by atoms with Crippen molar-refractivity contribution < 1.29 is 4.74 Å². The number of hydrogen-bond donors (Lipinski definition) is 2. The summed E-state index contributed by atoms with van der Waals surface area (Å²) >= 11 is 11.7. The molecular formula is C12H11Cl3N2O. The molecular weight excluding hydrogens is 295 g/mol. The Morgan fingerprint density at radius 1 is 0.889 bits per heavy atom. The Bertz CT molecular complexity index is 497. The van der Waals surface area contributed by atoms with Crippen LogP contribution in [-0.4, -0.2) is 0 Å². The molecule has 0 atom stereocenters. The van der Waals surface area contributed by atoms with Crippen LogP contribution in [0.25, 0.3) is 0 Å². The first-order valence-corrected chi connectivity index (χ1v) is 5.63. The summed E-state index contributed by atoms with van der Waals surface area (Å²) in [4.78, 5) is 0. The number of nitrogens with one attached hydrogen (secondary N) is 1. The third kappa shape index (κ3) is 3.96. The van der Waals surface area contributed by atoms with Crippen LogP contribution in [0.2, 0.25) is 10.0 Å². The number of halogens is 3. The van der Waals surface area contributed by atoms with Gasteiger partial charge in [-0.2, -0.15) is 0 Å². The van der Waals surface area contributed by atoms with Gasteiger partial charge in [-0.3, -0.25) is 5.84 Å². The first-order chi connectivity index (χ1) is 8.17. The van der Waals surface area contributed by atoms with Gasteiger partial charge < -0.3 is 10.2 Å². The Morgan fingerprint density at radius 3 is 1.94 bits per heavy atom. The average molecular weight is 306 g/mol. The van der Waals surface area contributed by atoms with Crippen LogP contribution in [0.1, 0.15) is 0 Å². The maximum atomic E-state index is 5.87. The standard InChI is InChI=1S/C12H10Cl2N2O.ClH/c13-8-5-9(14)7-12(6-8)17-11-3-1-10(16-15)2-4-11;/h1-7,16H,15H2;1H. The van der Waals surface area contributed by atoms with Crippen LogP contribution in [0, 0.1) is 0 Å². The van der Waals surface area contributed by atoms with Crippen molar-refractivity contribution in [1.82, 2.24) is 0 Å². The summed E-state index contributed by atoms with van der Waals surface area (Å²) in [6.45, 7) is 0. The molecule has 0 radical (unpaired) electrons. The Labute approximate surface area is 121 Å². The highest BCUT2D eigenvalue weighted by Gasteiger charge is 2.01. The van der Waals surface area contributed by atoms with E-state index < -0.39 is 0 Å². The maximum absolute atomic E-state index is 5.87. The molecule has 0 aliphatic rings. The van der Waals surface area contributed by atoms with E-state index in [1.54, 1.807) is 30.3 Å². The molecule has 3 nitrogen and oxygen atoms in total. The number of benzene rings is 2. The lowest BCUT2D eigenvalue weighted by Crippen LogP contribution is -2.05. The highest BCUT2D eigenvalue weighted by atomic mass is 35.5. The monoisotopic (exact) mass is 304 g/mol. The van der Waals surface area contributed by atoms with Crippen LogP contribution in [-0.2, 0) is 0 Å². The molecule has 3 N–H and O–H groups in total. The molecule has 0 aromatic heterocycles. The molecule has 0 saturated carbocycles. The fourth-order valence-corrected chi connectivity index (χ4v) is 1.85. The van der Waals surface area contributed by atoms with Crippen molar-refractivity contribution in [2.75, 3.05) is 5.43 Å². The second-order valence-corrected chi connectivity index (χ2v) is 4.25. The average Bonchev–Trinajstić information content (AvgIpc) is 2.28. The molecule has 0 saturated heterocycles. The van der Waals surface area contributed by atoms with Crippen LogP contribution in [0.3, 0.4) is 0 Å². The molecule has 2 aromatic rings. The predicted molar refractivity (Wildman–Crippen MR) is 78.0 cm³/mol. The van der Waals surface area contributed by atoms with Crippen molar-refractivity contribution in [3.05, 3.63) is 52.5 Å². The number of nitrogens with two attached hydrogens (primary N) is 1. The third-order valence-electron chi connectivity index (χ3n) is 2.09. The molecule has 6 heteroatoms. The van der Waals surface area contributed by atoms with Gasteiger partial charge in [-0.15, -0.1) is 12.4 Å². The van der Waals surface area contributed by atoms with Crippen molar-refractivity contribution in [2.24, 2.45) is 5.84 Å². The number of hydrogen-bond acceptors (Lipinski definition) is 3. The molecule has 0 heterocycles. The van der Waals surface area contributed by atoms with Crippen LogP contribution in [0.4, 0.5) is 5.69 Å². The van der Waals surface area contributed by atoms with Crippen molar-refractivity contribution in [3.63, 3.8) is 0 Å². The summed E-state index contributed by atoms with van der Waals surface area (Å²) in [6.07, 6.45) is 0. The molecule has 0 amide bonds. The van der Waals surface area contributed by atoms with Crippen LogP contribution in [0.5, 0.6) is 11.5 Å². The number of rotatable bonds is 3. The first kappa shape index (κ1) is 14.9. The molecule has 2 rings (SSSR count). The maximum Gasteiger partial charge on any atom is 0.130 e. The highest BCUT2D eigenvalue weighted by molar-refractivity contribution is 6.34. The smallest absolute Gasteiger partial charge is 0.130 e. The quantitative estimate of drug-likeness (QED) is 0.648. The first-order valence-electron chi connectivity index (χ1n) is 4.88. The van der Waals surface area contributed by atoms with Crippen LogP contribution >= 0.6 is 35.6 Å². The van der Waals surface area contributed by atoms with Gasteiger partial charge in [0.2, 0.25) is 0 Å². The molecule has 18 heavy (non-hydrogen) atoms. The van der Waals surface area contributed by atoms with E-state index >= 15 is 0 Å². The molecule has 0 spiro atoms. The summed E-state index contributed by atoms with van der Waals surface area (Å²) in [5.74, 6) is 6.54. The lowest BCUT2D eigenvalue weighted by molar-refractivity contribution is 0.483. The topological polar surface area (TPSA) is 47.3 Å². The van der Waals surface area contributed by atoms with Crippen LogP contribution in [0.15, 0.2) is 42.5 Å². The van der Waals surface area contributed by atoms with Crippen molar-refractivity contribution in [1.29, 1.82) is 0 Å². The van der Waals surface area contributed by atoms with E-state index in [2.05, 4.69) is 5.43 Å². The van der Waals surface area contributed by atoms with E-state index in [1.807, 2.05) is 12.1 Å². The summed E-state index contributed by atoms with van der Waals surface area (Å²) < 4.78 is 5.60. The van der Waals surface area contributed by atoms with Gasteiger partial charge in [-0.05, 0) is 42.5 Å². The largest absolute Gasteiger partial charge is 0.457 e. The fourth-order valence-electron chi connectivity index (χ4n) is 1.34. The Balaban J connectivity index is 0.00000162. The van der Waals surface area contributed by atoms with Gasteiger partial charge in [-0.25, -0.2) is 0 Å². The Morgan fingerprint density at radius 2 is 1.44 bits per heavy atom. The highest BCUT2D eigenvalue weighted by Crippen LogP contribution is 2.28. The number of anilines is 1. The second-order valence-electron chi connectivity index (χ2n) is 3.38. The van der Waals surface area contributed by atoms with Gasteiger partial charge in [0.15, 0.2) is 0 Å². The third-order valence-corrected chi connectivity index (χ3v) is 2.53. The number of nitrogen functional groups attached to an aromatic ring is 1. The summed E-state index contributed by atoms with van der Waals surface area (Å²) in [5, 5.41) is 1.07. The van der Waals surface area contributed by atoms with E-state index in [4.69, 9.17) is 33.8 Å². The van der Waals surface area contributed by atoms with Crippen molar-refractivity contribution in [2.45, 2.75) is 0 Å². The van der Waals surface area contributed by atoms with Crippen LogP contribution < -0.4 is 16.0 Å². The summed E-state index contributed by atoms with van der Waals surface area (Å²) in [5.41, 5.74) is 3.35. The zero-order valence-electron chi connectivity index (χ0n) is 9.19. The predicted octanol–water partition coefficient (Wildman–Crippen LogP) is 4.49. The van der Waals surface area contributed by atoms with Gasteiger partial charge in [0.25, 0.3) is 0 Å². The molecule has 0 unspecified atom stereocenters. The molecule has 0 bridgehead atoms. The Kier molecular flexibility index (Phi) is 5.56. The minimum absolute atomic E-state index is 0.